The summed E-state index contributed by atoms with van der Waals surface area (Å²) in [4.78, 5) is 43.1. The molecular formula is C30H62N2O13P2. The molecule has 17 heteroatoms. The van der Waals surface area contributed by atoms with Gasteiger partial charge >= 0.3 is 15.6 Å². The topological polar surface area (TPSA) is 197 Å². The fourth-order valence-electron chi connectivity index (χ4n) is 3.85. The van der Waals surface area contributed by atoms with E-state index in [-0.39, 0.29) is 31.6 Å². The van der Waals surface area contributed by atoms with Crippen LogP contribution in [0.3, 0.4) is 0 Å². The molecule has 0 spiro atoms. The number of amides is 2. The van der Waals surface area contributed by atoms with Crippen LogP contribution in [0.1, 0.15) is 106 Å². The molecule has 0 aliphatic carbocycles. The van der Waals surface area contributed by atoms with Crippen LogP contribution in [-0.2, 0) is 51.0 Å². The van der Waals surface area contributed by atoms with Gasteiger partial charge in [-0.05, 0) is 67.2 Å². The van der Waals surface area contributed by atoms with Crippen LogP contribution in [-0.4, -0.2) is 98.7 Å². The Morgan fingerprint density at radius 3 is 1.38 bits per heavy atom. The second kappa shape index (κ2) is 25.9. The van der Waals surface area contributed by atoms with Crippen molar-refractivity contribution in [2.75, 3.05) is 65.9 Å². The highest BCUT2D eigenvalue weighted by molar-refractivity contribution is 7.47. The normalized spacial score (nSPS) is 14.8. The molecule has 2 atom stereocenters. The summed E-state index contributed by atoms with van der Waals surface area (Å²) in [6.07, 6.45) is 7.37. The van der Waals surface area contributed by atoms with Crippen molar-refractivity contribution < 1.29 is 60.8 Å². The minimum atomic E-state index is -4.10. The third kappa shape index (κ3) is 34.7. The van der Waals surface area contributed by atoms with Crippen LogP contribution in [0, 0.1) is 0 Å². The molecule has 47 heavy (non-hydrogen) atoms. The third-order valence-corrected chi connectivity index (χ3v) is 8.35. The van der Waals surface area contributed by atoms with Crippen molar-refractivity contribution in [3.63, 3.8) is 0 Å². The van der Waals surface area contributed by atoms with Crippen molar-refractivity contribution in [1.29, 1.82) is 0 Å². The van der Waals surface area contributed by atoms with Gasteiger partial charge in [0.05, 0.1) is 64.1 Å². The average molecular weight is 721 g/mol. The molecule has 280 valence electrons. The van der Waals surface area contributed by atoms with Crippen LogP contribution in [0.4, 0.5) is 0 Å². The molecule has 0 aromatic heterocycles. The molecule has 15 nitrogen and oxygen atoms in total. The summed E-state index contributed by atoms with van der Waals surface area (Å²) in [7, 11) is -8.14. The molecule has 4 N–H and O–H groups in total. The van der Waals surface area contributed by atoms with E-state index in [9.17, 15) is 28.5 Å². The molecule has 0 rings (SSSR count). The zero-order valence-corrected chi connectivity index (χ0v) is 31.2. The van der Waals surface area contributed by atoms with Gasteiger partial charge in [0.25, 0.3) is 0 Å². The lowest BCUT2D eigenvalue weighted by atomic mass is 10.1. The van der Waals surface area contributed by atoms with Crippen molar-refractivity contribution in [3.05, 3.63) is 0 Å². The van der Waals surface area contributed by atoms with Crippen LogP contribution >= 0.6 is 15.6 Å². The molecule has 0 aromatic rings. The molecule has 0 bridgehead atoms. The molecule has 0 aliphatic rings. The minimum Gasteiger partial charge on any atom is -0.377 e. The van der Waals surface area contributed by atoms with Crippen molar-refractivity contribution in [2.24, 2.45) is 0 Å². The van der Waals surface area contributed by atoms with E-state index in [4.69, 9.17) is 32.3 Å². The smallest absolute Gasteiger partial charge is 0.377 e. The second-order valence-corrected chi connectivity index (χ2v) is 15.6. The number of hydrogen-bond acceptors (Lipinski definition) is 11. The van der Waals surface area contributed by atoms with Gasteiger partial charge < -0.3 is 34.6 Å². The van der Waals surface area contributed by atoms with E-state index in [2.05, 4.69) is 10.6 Å². The number of carbonyl (C=O) groups excluding carboxylic acids is 2. The SMILES string of the molecule is CC(C)(C)OP(=O)(O)OCCCCCCNC(=O)CCCCCCC(=O)NCCOCCOCCOCCOP(=O)(O)OC(C)(C)C. The number of hydrogen-bond donors (Lipinski definition) is 4. The van der Waals surface area contributed by atoms with Gasteiger partial charge in [0.2, 0.25) is 11.8 Å². The summed E-state index contributed by atoms with van der Waals surface area (Å²) in [5.41, 5.74) is -1.54. The molecule has 2 amide bonds. The van der Waals surface area contributed by atoms with E-state index in [1.807, 2.05) is 0 Å². The fraction of sp³-hybridized carbons (Fsp3) is 0.933. The zero-order valence-electron chi connectivity index (χ0n) is 29.4. The Hall–Kier alpha value is -0.960. The molecule has 0 heterocycles. The van der Waals surface area contributed by atoms with Gasteiger partial charge in [-0.25, -0.2) is 9.13 Å². The van der Waals surface area contributed by atoms with Crippen LogP contribution in [0.5, 0.6) is 0 Å². The number of nitrogens with one attached hydrogen (secondary N) is 2. The first-order valence-corrected chi connectivity index (χ1v) is 19.5. The molecule has 0 saturated carbocycles. The Morgan fingerprint density at radius 2 is 0.894 bits per heavy atom. The van der Waals surface area contributed by atoms with E-state index in [0.717, 1.165) is 44.9 Å². The Bertz CT molecular complexity index is 926. The quantitative estimate of drug-likeness (QED) is 0.0570. The predicted molar refractivity (Wildman–Crippen MR) is 178 cm³/mol. The van der Waals surface area contributed by atoms with Gasteiger partial charge in [0, 0.05) is 25.9 Å². The third-order valence-electron chi connectivity index (χ3n) is 5.78. The van der Waals surface area contributed by atoms with E-state index >= 15 is 0 Å². The van der Waals surface area contributed by atoms with Gasteiger partial charge in [-0.1, -0.05) is 25.7 Å². The Balaban J connectivity index is 3.46. The fourth-order valence-corrected chi connectivity index (χ4v) is 6.01. The number of unbranched alkanes of at least 4 members (excludes halogenated alkanes) is 6. The van der Waals surface area contributed by atoms with Gasteiger partial charge in [-0.15, -0.1) is 0 Å². The largest absolute Gasteiger partial charge is 0.472 e. The monoisotopic (exact) mass is 720 g/mol. The summed E-state index contributed by atoms with van der Waals surface area (Å²) < 4.78 is 59.4. The minimum absolute atomic E-state index is 0.0238. The lowest BCUT2D eigenvalue weighted by Crippen LogP contribution is -2.27. The standard InChI is InChI=1S/C30H62N2O13P2/c1-29(2,3)44-46(35,36)42-19-14-10-9-13-17-31-27(33)15-11-7-8-12-16-28(34)32-18-20-39-21-22-40-23-24-41-25-26-43-47(37,38)45-30(4,5)6/h7-26H2,1-6H3,(H,31,33)(H,32,34)(H,35,36)(H,37,38). The van der Waals surface area contributed by atoms with Crippen molar-refractivity contribution in [1.82, 2.24) is 10.6 Å². The van der Waals surface area contributed by atoms with Gasteiger partial charge in [-0.3, -0.25) is 27.7 Å². The van der Waals surface area contributed by atoms with Crippen molar-refractivity contribution >= 4 is 27.5 Å². The van der Waals surface area contributed by atoms with Crippen LogP contribution in [0.15, 0.2) is 0 Å². The summed E-state index contributed by atoms with van der Waals surface area (Å²) in [6.45, 7) is 13.0. The highest BCUT2D eigenvalue weighted by atomic mass is 31.2. The molecule has 0 fully saturated rings. The summed E-state index contributed by atoms with van der Waals surface area (Å²) in [6, 6.07) is 0. The van der Waals surface area contributed by atoms with Crippen LogP contribution in [0.25, 0.3) is 0 Å². The summed E-state index contributed by atoms with van der Waals surface area (Å²) in [5, 5.41) is 5.73. The van der Waals surface area contributed by atoms with Gasteiger partial charge in [0.1, 0.15) is 0 Å². The van der Waals surface area contributed by atoms with Crippen LogP contribution < -0.4 is 10.6 Å². The molecule has 0 saturated heterocycles. The number of phosphoric ester groups is 2. The van der Waals surface area contributed by atoms with Crippen molar-refractivity contribution in [3.8, 4) is 0 Å². The van der Waals surface area contributed by atoms with E-state index in [1.165, 1.54) is 0 Å². The maximum atomic E-state index is 12.0. The lowest BCUT2D eigenvalue weighted by Gasteiger charge is -2.22. The first-order chi connectivity index (χ1) is 21.9. The molecular weight excluding hydrogens is 658 g/mol. The average Bonchev–Trinajstić information content (AvgIpc) is 2.91. The zero-order chi connectivity index (χ0) is 35.7. The first-order valence-electron chi connectivity index (χ1n) is 16.5. The first kappa shape index (κ1) is 46.0. The van der Waals surface area contributed by atoms with Crippen molar-refractivity contribution in [2.45, 2.75) is 117 Å². The maximum Gasteiger partial charge on any atom is 0.472 e. The highest BCUT2D eigenvalue weighted by Gasteiger charge is 2.29. The Kier molecular flexibility index (Phi) is 25.4. The Labute approximate surface area is 281 Å². The van der Waals surface area contributed by atoms with E-state index in [1.54, 1.807) is 41.5 Å². The molecule has 0 aromatic carbocycles. The summed E-state index contributed by atoms with van der Waals surface area (Å²) in [5.74, 6) is -0.00269. The summed E-state index contributed by atoms with van der Waals surface area (Å²) >= 11 is 0. The number of ether oxygens (including phenoxy) is 3. The van der Waals surface area contributed by atoms with E-state index in [0.29, 0.717) is 65.4 Å². The predicted octanol–water partition coefficient (Wildman–Crippen LogP) is 5.03. The van der Waals surface area contributed by atoms with Gasteiger partial charge in [0.15, 0.2) is 0 Å². The molecule has 0 aliphatic heterocycles. The van der Waals surface area contributed by atoms with E-state index < -0.39 is 26.8 Å². The number of rotatable bonds is 30. The molecule has 2 unspecified atom stereocenters. The van der Waals surface area contributed by atoms with Crippen LogP contribution in [0.2, 0.25) is 0 Å². The van der Waals surface area contributed by atoms with Gasteiger partial charge in [-0.2, -0.15) is 0 Å². The highest BCUT2D eigenvalue weighted by Crippen LogP contribution is 2.47. The molecule has 0 radical (unpaired) electrons. The second-order valence-electron chi connectivity index (χ2n) is 12.9. The maximum absolute atomic E-state index is 12.0. The number of phosphoric acid groups is 2. The number of carbonyl (C=O) groups is 2. The lowest BCUT2D eigenvalue weighted by molar-refractivity contribution is -0.122. The Morgan fingerprint density at radius 1 is 0.511 bits per heavy atom.